The number of esters is 4. The molecule has 0 aliphatic heterocycles. The van der Waals surface area contributed by atoms with Crippen LogP contribution in [0.1, 0.15) is 357 Å². The van der Waals surface area contributed by atoms with Gasteiger partial charge in [-0.25, -0.2) is 9.13 Å². The maximum absolute atomic E-state index is 13.0. The molecular weight excluding hydrogens is 1190 g/mol. The highest BCUT2D eigenvalue weighted by Gasteiger charge is 2.30. The fraction of sp³-hybridized carbons (Fsp3) is 0.944. The molecule has 90 heavy (non-hydrogen) atoms. The third kappa shape index (κ3) is 63.5. The van der Waals surface area contributed by atoms with E-state index in [-0.39, 0.29) is 25.7 Å². The van der Waals surface area contributed by atoms with Crippen LogP contribution in [0.2, 0.25) is 0 Å². The lowest BCUT2D eigenvalue weighted by molar-refractivity contribution is -0.161. The van der Waals surface area contributed by atoms with Crippen molar-refractivity contribution >= 4 is 39.5 Å². The van der Waals surface area contributed by atoms with Crippen molar-refractivity contribution in [2.24, 2.45) is 17.8 Å². The van der Waals surface area contributed by atoms with E-state index in [4.69, 9.17) is 37.0 Å². The van der Waals surface area contributed by atoms with Gasteiger partial charge in [0.2, 0.25) is 0 Å². The zero-order valence-corrected chi connectivity index (χ0v) is 60.4. The molecule has 0 aromatic carbocycles. The molecule has 0 saturated heterocycles. The van der Waals surface area contributed by atoms with Crippen LogP contribution in [0, 0.1) is 17.8 Å². The largest absolute Gasteiger partial charge is 0.472 e. The number of carbonyl (C=O) groups excluding carboxylic acids is 4. The molecule has 0 bridgehead atoms. The van der Waals surface area contributed by atoms with Crippen molar-refractivity contribution < 1.29 is 80.2 Å². The summed E-state index contributed by atoms with van der Waals surface area (Å²) in [4.78, 5) is 72.2. The van der Waals surface area contributed by atoms with E-state index < -0.39 is 97.5 Å². The molecule has 0 fully saturated rings. The molecule has 0 aromatic heterocycles. The van der Waals surface area contributed by atoms with Gasteiger partial charge >= 0.3 is 39.5 Å². The van der Waals surface area contributed by atoms with Gasteiger partial charge < -0.3 is 33.8 Å². The first-order valence-corrected chi connectivity index (χ1v) is 39.9. The maximum Gasteiger partial charge on any atom is 0.472 e. The van der Waals surface area contributed by atoms with E-state index in [0.717, 1.165) is 108 Å². The predicted molar refractivity (Wildman–Crippen MR) is 363 cm³/mol. The van der Waals surface area contributed by atoms with E-state index in [1.165, 1.54) is 161 Å². The minimum absolute atomic E-state index is 0.101. The summed E-state index contributed by atoms with van der Waals surface area (Å²) in [6, 6.07) is 0. The average molecular weight is 1330 g/mol. The second-order valence-corrected chi connectivity index (χ2v) is 29.7. The SMILES string of the molecule is CCCCCCCC(=O)OC[C@H](COP(=O)(O)OC[C@H](O)COP(=O)(O)OC[C@@H](COC(=O)CCCCCCCCCCCCCCCCC(C)CC)OC(=O)CCCCCCCCCCCCCCCCCC(C)C)OC(=O)CCCCCCCCC(C)C. The van der Waals surface area contributed by atoms with Crippen molar-refractivity contribution in [3.05, 3.63) is 0 Å². The molecule has 0 aliphatic carbocycles. The van der Waals surface area contributed by atoms with Crippen molar-refractivity contribution in [1.29, 1.82) is 0 Å². The van der Waals surface area contributed by atoms with E-state index >= 15 is 0 Å². The first kappa shape index (κ1) is 88.1. The van der Waals surface area contributed by atoms with E-state index in [2.05, 4.69) is 48.5 Å². The van der Waals surface area contributed by atoms with Crippen LogP contribution >= 0.6 is 15.6 Å². The predicted octanol–water partition coefficient (Wildman–Crippen LogP) is 20.2. The molecule has 19 heteroatoms. The van der Waals surface area contributed by atoms with Crippen LogP contribution in [-0.4, -0.2) is 96.7 Å². The topological polar surface area (TPSA) is 237 Å². The summed E-state index contributed by atoms with van der Waals surface area (Å²) in [7, 11) is -9.89. The summed E-state index contributed by atoms with van der Waals surface area (Å²) >= 11 is 0. The molecule has 17 nitrogen and oxygen atoms in total. The highest BCUT2D eigenvalue weighted by Crippen LogP contribution is 2.45. The number of unbranched alkanes of at least 4 members (excludes halogenated alkanes) is 36. The molecule has 0 aromatic rings. The summed E-state index contributed by atoms with van der Waals surface area (Å²) < 4.78 is 68.0. The lowest BCUT2D eigenvalue weighted by atomic mass is 9.99. The molecule has 0 spiro atoms. The van der Waals surface area contributed by atoms with Crippen molar-refractivity contribution in [3.63, 3.8) is 0 Å². The molecule has 0 amide bonds. The number of ether oxygens (including phenoxy) is 4. The number of carbonyl (C=O) groups is 4. The Labute approximate surface area is 549 Å². The number of rotatable bonds is 69. The van der Waals surface area contributed by atoms with Gasteiger partial charge in [-0.1, -0.05) is 305 Å². The van der Waals surface area contributed by atoms with Gasteiger partial charge in [0.05, 0.1) is 26.4 Å². The Kier molecular flexibility index (Phi) is 60.6. The monoisotopic (exact) mass is 1320 g/mol. The number of aliphatic hydroxyl groups excluding tert-OH is 1. The zero-order valence-electron chi connectivity index (χ0n) is 58.6. The van der Waals surface area contributed by atoms with Crippen molar-refractivity contribution in [3.8, 4) is 0 Å². The van der Waals surface area contributed by atoms with Crippen LogP contribution in [0.15, 0.2) is 0 Å². The van der Waals surface area contributed by atoms with Crippen molar-refractivity contribution in [2.75, 3.05) is 39.6 Å². The van der Waals surface area contributed by atoms with E-state index in [1.54, 1.807) is 0 Å². The lowest BCUT2D eigenvalue weighted by Gasteiger charge is -2.21. The minimum Gasteiger partial charge on any atom is -0.462 e. The molecule has 0 radical (unpaired) electrons. The number of phosphoric ester groups is 2. The third-order valence-corrected chi connectivity index (χ3v) is 18.6. The maximum atomic E-state index is 13.0. The molecule has 6 atom stereocenters. The Bertz CT molecular complexity index is 1770. The lowest BCUT2D eigenvalue weighted by Crippen LogP contribution is -2.30. The zero-order chi connectivity index (χ0) is 66.6. The van der Waals surface area contributed by atoms with Crippen molar-refractivity contribution in [1.82, 2.24) is 0 Å². The van der Waals surface area contributed by atoms with Gasteiger partial charge in [0.1, 0.15) is 19.3 Å². The summed E-state index contributed by atoms with van der Waals surface area (Å²) in [5.74, 6) is 0.182. The summed E-state index contributed by atoms with van der Waals surface area (Å²) in [6.45, 7) is 11.8. The fourth-order valence-electron chi connectivity index (χ4n) is 10.7. The number of hydrogen-bond donors (Lipinski definition) is 3. The molecule has 534 valence electrons. The second kappa shape index (κ2) is 61.9. The highest BCUT2D eigenvalue weighted by atomic mass is 31.2. The minimum atomic E-state index is -4.95. The highest BCUT2D eigenvalue weighted by molar-refractivity contribution is 7.47. The molecule has 0 saturated carbocycles. The smallest absolute Gasteiger partial charge is 0.462 e. The van der Waals surface area contributed by atoms with Crippen LogP contribution < -0.4 is 0 Å². The molecule has 3 N–H and O–H groups in total. The first-order chi connectivity index (χ1) is 43.3. The Morgan fingerprint density at radius 1 is 0.322 bits per heavy atom. The van der Waals surface area contributed by atoms with Crippen LogP contribution in [0.4, 0.5) is 0 Å². The Morgan fingerprint density at radius 2 is 0.567 bits per heavy atom. The van der Waals surface area contributed by atoms with Crippen LogP contribution in [-0.2, 0) is 65.4 Å². The second-order valence-electron chi connectivity index (χ2n) is 26.8. The first-order valence-electron chi connectivity index (χ1n) is 36.9. The Morgan fingerprint density at radius 3 is 0.844 bits per heavy atom. The fourth-order valence-corrected chi connectivity index (χ4v) is 12.3. The standard InChI is InChI=1S/C71H138O17P2/c1-8-10-11-35-45-52-68(73)81-58-66(88-71(76)55-48-41-34-33-37-43-50-63(5)6)60-85-89(77,78)83-56-65(72)57-84-90(79,80)86-61-67(87-70(75)54-47-40-32-28-24-20-14-12-13-17-21-25-29-36-42-49-62(3)4)59-82-69(74)53-46-39-31-27-23-19-16-15-18-22-26-30-38-44-51-64(7)9-2/h62-67,72H,8-61H2,1-7H3,(H,77,78)(H,79,80)/t64?,65-,66+,67+/m0/s1. The van der Waals surface area contributed by atoms with Crippen molar-refractivity contribution in [2.45, 2.75) is 375 Å². The normalized spacial score (nSPS) is 14.5. The van der Waals surface area contributed by atoms with Gasteiger partial charge in [-0.15, -0.1) is 0 Å². The van der Waals surface area contributed by atoms with Gasteiger partial charge in [0.15, 0.2) is 12.2 Å². The van der Waals surface area contributed by atoms with Gasteiger partial charge in [-0.2, -0.15) is 0 Å². The Balaban J connectivity index is 5.14. The summed E-state index contributed by atoms with van der Waals surface area (Å²) in [6.07, 6.45) is 46.4. The Hall–Kier alpha value is -1.94. The average Bonchev–Trinajstić information content (AvgIpc) is 3.70. The summed E-state index contributed by atoms with van der Waals surface area (Å²) in [5, 5.41) is 10.6. The van der Waals surface area contributed by atoms with E-state index in [1.807, 2.05) is 0 Å². The molecule has 0 heterocycles. The molecular formula is C71H138O17P2. The van der Waals surface area contributed by atoms with Crippen LogP contribution in [0.5, 0.6) is 0 Å². The quantitative estimate of drug-likeness (QED) is 0.0222. The third-order valence-electron chi connectivity index (χ3n) is 16.7. The van der Waals surface area contributed by atoms with Crippen LogP contribution in [0.3, 0.4) is 0 Å². The molecule has 3 unspecified atom stereocenters. The number of hydrogen-bond acceptors (Lipinski definition) is 15. The number of aliphatic hydroxyl groups is 1. The molecule has 0 rings (SSSR count). The summed E-state index contributed by atoms with van der Waals surface area (Å²) in [5.41, 5.74) is 0. The van der Waals surface area contributed by atoms with E-state index in [9.17, 15) is 43.2 Å². The van der Waals surface area contributed by atoms with Gasteiger partial charge in [-0.05, 0) is 43.4 Å². The van der Waals surface area contributed by atoms with E-state index in [0.29, 0.717) is 31.6 Å². The van der Waals surface area contributed by atoms with Gasteiger partial charge in [-0.3, -0.25) is 37.3 Å². The van der Waals surface area contributed by atoms with Crippen LogP contribution in [0.25, 0.3) is 0 Å². The van der Waals surface area contributed by atoms with Gasteiger partial charge in [0, 0.05) is 25.7 Å². The number of phosphoric acid groups is 2. The van der Waals surface area contributed by atoms with Gasteiger partial charge in [0.25, 0.3) is 0 Å². The molecule has 0 aliphatic rings.